The van der Waals surface area contributed by atoms with Crippen molar-refractivity contribution in [3.8, 4) is 0 Å². The van der Waals surface area contributed by atoms with Gasteiger partial charge in [-0.15, -0.1) is 0 Å². The Hall–Kier alpha value is -1.34. The van der Waals surface area contributed by atoms with Gasteiger partial charge in [0.05, 0.1) is 5.56 Å². The molecule has 0 radical (unpaired) electrons. The highest BCUT2D eigenvalue weighted by atomic mass is 19.4. The van der Waals surface area contributed by atoms with Crippen molar-refractivity contribution in [2.24, 2.45) is 0 Å². The lowest BCUT2D eigenvalue weighted by atomic mass is 10.2. The second-order valence-electron chi connectivity index (χ2n) is 2.99. The van der Waals surface area contributed by atoms with Gasteiger partial charge in [0.15, 0.2) is 6.20 Å². The van der Waals surface area contributed by atoms with Gasteiger partial charge in [0.1, 0.15) is 13.4 Å². The monoisotopic (exact) mass is 237 g/mol. The maximum atomic E-state index is 12.3. The molecular weight excluding hydrogens is 227 g/mol. The molecule has 0 saturated heterocycles. The fraction of sp³-hybridized carbons (Fsp3) is 0.444. The summed E-state index contributed by atoms with van der Waals surface area (Å²) < 4.78 is 46.6. The lowest BCUT2D eigenvalue weighted by Gasteiger charge is -2.09. The van der Waals surface area contributed by atoms with Crippen molar-refractivity contribution in [1.82, 2.24) is 0 Å². The van der Waals surface area contributed by atoms with Gasteiger partial charge in [0.2, 0.25) is 5.69 Å². The van der Waals surface area contributed by atoms with Crippen molar-refractivity contribution in [1.29, 1.82) is 0 Å². The Morgan fingerprint density at radius 3 is 2.69 bits per heavy atom. The first-order valence-electron chi connectivity index (χ1n) is 4.31. The zero-order valence-corrected chi connectivity index (χ0v) is 8.45. The number of alkyl halides is 3. The Kier molecular flexibility index (Phi) is 4.08. The molecule has 16 heavy (non-hydrogen) atoms. The van der Waals surface area contributed by atoms with Crippen molar-refractivity contribution in [3.05, 3.63) is 34.8 Å². The predicted molar refractivity (Wildman–Crippen MR) is 47.1 cm³/mol. The maximum Gasteiger partial charge on any atom is 0.416 e. The first kappa shape index (κ1) is 12.7. The molecule has 1 heterocycles. The van der Waals surface area contributed by atoms with Crippen LogP contribution in [0.3, 0.4) is 0 Å². The second kappa shape index (κ2) is 5.13. The fourth-order valence-corrected chi connectivity index (χ4v) is 1.05. The van der Waals surface area contributed by atoms with E-state index in [2.05, 4.69) is 4.74 Å². The quantitative estimate of drug-likeness (QED) is 0.344. The van der Waals surface area contributed by atoms with E-state index in [1.54, 1.807) is 0 Å². The van der Waals surface area contributed by atoms with E-state index in [0.29, 0.717) is 10.8 Å². The van der Waals surface area contributed by atoms with Crippen LogP contribution in [-0.2, 0) is 22.3 Å². The number of nitrogens with zero attached hydrogens (tertiary/aromatic N) is 1. The van der Waals surface area contributed by atoms with Crippen LogP contribution in [0.15, 0.2) is 18.3 Å². The number of hydrogen-bond donors (Lipinski definition) is 0. The minimum absolute atomic E-state index is 0.0871. The summed E-state index contributed by atoms with van der Waals surface area (Å²) in [5.74, 6) is 0. The van der Waals surface area contributed by atoms with Crippen LogP contribution in [0.1, 0.15) is 11.3 Å². The number of aromatic nitrogens is 1. The molecule has 0 unspecified atom stereocenters. The van der Waals surface area contributed by atoms with E-state index in [1.807, 2.05) is 0 Å². The molecule has 1 rings (SSSR count). The molecular formula is C9H10F3NO3. The minimum atomic E-state index is -4.47. The van der Waals surface area contributed by atoms with Gasteiger partial charge in [0.25, 0.3) is 0 Å². The first-order valence-corrected chi connectivity index (χ1v) is 4.31. The topological polar surface area (TPSA) is 45.4 Å². The van der Waals surface area contributed by atoms with Gasteiger partial charge in [-0.25, -0.2) is 0 Å². The zero-order valence-electron chi connectivity index (χ0n) is 8.45. The van der Waals surface area contributed by atoms with Gasteiger partial charge >= 0.3 is 6.18 Å². The van der Waals surface area contributed by atoms with Crippen LogP contribution in [0.25, 0.3) is 0 Å². The van der Waals surface area contributed by atoms with Crippen LogP contribution in [0.5, 0.6) is 0 Å². The van der Waals surface area contributed by atoms with Crippen molar-refractivity contribution in [2.45, 2.75) is 12.8 Å². The summed E-state index contributed by atoms with van der Waals surface area (Å²) in [4.78, 5) is 0. The Morgan fingerprint density at radius 2 is 2.12 bits per heavy atom. The summed E-state index contributed by atoms with van der Waals surface area (Å²) >= 11 is 0. The largest absolute Gasteiger partial charge is 0.618 e. The van der Waals surface area contributed by atoms with Gasteiger partial charge in [-0.05, 0) is 0 Å². The van der Waals surface area contributed by atoms with Crippen molar-refractivity contribution >= 4 is 0 Å². The molecule has 4 nitrogen and oxygen atoms in total. The molecule has 0 N–H and O–H groups in total. The predicted octanol–water partition coefficient (Wildman–Crippen LogP) is 1.46. The summed E-state index contributed by atoms with van der Waals surface area (Å²) in [6.45, 7) is -0.322. The third kappa shape index (κ3) is 3.35. The molecule has 90 valence electrons. The van der Waals surface area contributed by atoms with Crippen LogP contribution < -0.4 is 4.73 Å². The van der Waals surface area contributed by atoms with E-state index in [4.69, 9.17) is 4.74 Å². The zero-order chi connectivity index (χ0) is 12.2. The average Bonchev–Trinajstić information content (AvgIpc) is 2.19. The third-order valence-electron chi connectivity index (χ3n) is 1.77. The molecule has 0 saturated carbocycles. The van der Waals surface area contributed by atoms with Crippen LogP contribution >= 0.6 is 0 Å². The average molecular weight is 237 g/mol. The number of rotatable bonds is 4. The summed E-state index contributed by atoms with van der Waals surface area (Å²) in [5, 5.41) is 11.1. The van der Waals surface area contributed by atoms with E-state index >= 15 is 0 Å². The maximum absolute atomic E-state index is 12.3. The van der Waals surface area contributed by atoms with Crippen molar-refractivity contribution < 1.29 is 27.4 Å². The van der Waals surface area contributed by atoms with Gasteiger partial charge in [-0.3, -0.25) is 0 Å². The highest BCUT2D eigenvalue weighted by molar-refractivity contribution is 5.15. The highest BCUT2D eigenvalue weighted by Gasteiger charge is 2.32. The number of halogens is 3. The molecule has 0 spiro atoms. The van der Waals surface area contributed by atoms with E-state index in [1.165, 1.54) is 7.11 Å². The Bertz CT molecular complexity index is 354. The van der Waals surface area contributed by atoms with E-state index in [9.17, 15) is 18.4 Å². The molecule has 7 heteroatoms. The molecule has 0 aliphatic heterocycles. The van der Waals surface area contributed by atoms with Crippen LogP contribution in [0.4, 0.5) is 13.2 Å². The number of methoxy groups -OCH3 is 1. The lowest BCUT2D eigenvalue weighted by Crippen LogP contribution is -2.32. The number of hydrogen-bond acceptors (Lipinski definition) is 3. The Morgan fingerprint density at radius 1 is 1.44 bits per heavy atom. The van der Waals surface area contributed by atoms with E-state index in [-0.39, 0.29) is 19.1 Å². The molecule has 0 atom stereocenters. The van der Waals surface area contributed by atoms with Crippen molar-refractivity contribution in [2.75, 3.05) is 13.9 Å². The Balaban J connectivity index is 2.83. The number of pyridine rings is 1. The molecule has 0 fully saturated rings. The number of ether oxygens (including phenoxy) is 2. The van der Waals surface area contributed by atoms with Crippen molar-refractivity contribution in [3.63, 3.8) is 0 Å². The van der Waals surface area contributed by atoms with E-state index < -0.39 is 11.7 Å². The second-order valence-corrected chi connectivity index (χ2v) is 2.99. The first-order chi connectivity index (χ1) is 7.45. The standard InChI is InChI=1S/C9H10F3NO3/c1-15-6-16-5-8-4-7(9(10,11)12)2-3-13(8)14/h2-4H,5-6H2,1H3. The Labute approximate surface area is 89.8 Å². The molecule has 0 aliphatic carbocycles. The summed E-state index contributed by atoms with van der Waals surface area (Å²) in [5.41, 5.74) is -0.998. The normalized spacial score (nSPS) is 11.8. The summed E-state index contributed by atoms with van der Waals surface area (Å²) in [7, 11) is 1.37. The summed E-state index contributed by atoms with van der Waals surface area (Å²) in [6.07, 6.45) is -3.67. The molecule has 1 aromatic heterocycles. The molecule has 0 aliphatic rings. The van der Waals surface area contributed by atoms with Gasteiger partial charge in [-0.2, -0.15) is 17.9 Å². The smallest absolute Gasteiger partial charge is 0.416 e. The molecule has 0 aromatic carbocycles. The highest BCUT2D eigenvalue weighted by Crippen LogP contribution is 2.28. The van der Waals surface area contributed by atoms with Crippen LogP contribution in [0, 0.1) is 5.21 Å². The fourth-order valence-electron chi connectivity index (χ4n) is 1.05. The lowest BCUT2D eigenvalue weighted by molar-refractivity contribution is -0.617. The van der Waals surface area contributed by atoms with Gasteiger partial charge < -0.3 is 14.7 Å². The van der Waals surface area contributed by atoms with Crippen LogP contribution in [-0.4, -0.2) is 13.9 Å². The van der Waals surface area contributed by atoms with Gasteiger partial charge in [0, 0.05) is 19.2 Å². The molecule has 1 aromatic rings. The van der Waals surface area contributed by atoms with E-state index in [0.717, 1.165) is 12.3 Å². The van der Waals surface area contributed by atoms with Gasteiger partial charge in [-0.1, -0.05) is 0 Å². The van der Waals surface area contributed by atoms with Crippen LogP contribution in [0.2, 0.25) is 0 Å². The third-order valence-corrected chi connectivity index (χ3v) is 1.77. The summed E-state index contributed by atoms with van der Waals surface area (Å²) in [6, 6.07) is 1.47. The SMILES string of the molecule is COCOCc1cc(C(F)(F)F)cc[n+]1[O-]. The molecule has 0 amide bonds. The minimum Gasteiger partial charge on any atom is -0.618 e. The molecule has 0 bridgehead atoms.